The van der Waals surface area contributed by atoms with Crippen LogP contribution in [0, 0.1) is 5.92 Å². The van der Waals surface area contributed by atoms with Crippen molar-refractivity contribution in [2.75, 3.05) is 31.5 Å². The Kier molecular flexibility index (Phi) is 4.38. The number of likely N-dealkylation sites (tertiary alicyclic amines) is 1. The molecule has 1 atom stereocenters. The number of halogens is 3. The Balaban J connectivity index is 1.57. The zero-order chi connectivity index (χ0) is 16.4. The van der Waals surface area contributed by atoms with Crippen molar-refractivity contribution in [2.45, 2.75) is 25.9 Å². The summed E-state index contributed by atoms with van der Waals surface area (Å²) in [6.07, 6.45) is -2.63. The molecule has 3 heterocycles. The monoisotopic (exact) mass is 328 g/mol. The highest BCUT2D eigenvalue weighted by Crippen LogP contribution is 2.23. The van der Waals surface area contributed by atoms with Gasteiger partial charge in [-0.2, -0.15) is 17.7 Å². The van der Waals surface area contributed by atoms with Gasteiger partial charge in [0.1, 0.15) is 5.82 Å². The number of aromatic nitrogens is 4. The van der Waals surface area contributed by atoms with Crippen molar-refractivity contribution in [2.24, 2.45) is 5.92 Å². The van der Waals surface area contributed by atoms with Crippen LogP contribution in [0.4, 0.5) is 19.0 Å². The van der Waals surface area contributed by atoms with Gasteiger partial charge in [-0.05, 0) is 31.0 Å². The quantitative estimate of drug-likeness (QED) is 0.909. The van der Waals surface area contributed by atoms with Crippen molar-refractivity contribution in [1.29, 1.82) is 0 Å². The number of alkyl halides is 3. The highest BCUT2D eigenvalue weighted by molar-refractivity contribution is 5.43. The molecule has 0 bridgehead atoms. The Morgan fingerprint density at radius 1 is 1.30 bits per heavy atom. The maximum absolute atomic E-state index is 12.4. The summed E-state index contributed by atoms with van der Waals surface area (Å²) in [6.45, 7) is 2.71. The van der Waals surface area contributed by atoms with Gasteiger partial charge in [0, 0.05) is 19.5 Å². The zero-order valence-electron chi connectivity index (χ0n) is 12.8. The lowest BCUT2D eigenvalue weighted by Crippen LogP contribution is -2.33. The Morgan fingerprint density at radius 2 is 2.13 bits per heavy atom. The molecule has 0 aromatic carbocycles. The van der Waals surface area contributed by atoms with Crippen molar-refractivity contribution in [1.82, 2.24) is 24.7 Å². The normalized spacial score (nSPS) is 19.6. The second-order valence-corrected chi connectivity index (χ2v) is 5.84. The molecule has 1 aliphatic heterocycles. The first-order chi connectivity index (χ1) is 10.9. The number of hydrogen-bond acceptors (Lipinski definition) is 5. The van der Waals surface area contributed by atoms with Crippen LogP contribution < -0.4 is 5.32 Å². The first-order valence-electron chi connectivity index (χ1n) is 7.69. The Bertz CT molecular complexity index is 668. The molecule has 0 spiro atoms. The van der Waals surface area contributed by atoms with Crippen LogP contribution in [0.3, 0.4) is 0 Å². The minimum Gasteiger partial charge on any atom is -0.368 e. The molecule has 23 heavy (non-hydrogen) atoms. The fourth-order valence-corrected chi connectivity index (χ4v) is 2.87. The van der Waals surface area contributed by atoms with Crippen LogP contribution in [0.25, 0.3) is 5.65 Å². The third-order valence-electron chi connectivity index (χ3n) is 3.99. The van der Waals surface area contributed by atoms with Gasteiger partial charge in [0.25, 0.3) is 0 Å². The van der Waals surface area contributed by atoms with E-state index in [1.807, 2.05) is 19.1 Å². The molecule has 1 N–H and O–H groups in total. The SMILES string of the molecule is CCc1nnc2ccc(NC[C@H]3CCN(CC(F)(F)F)C3)nn12. The molecule has 1 aliphatic rings. The van der Waals surface area contributed by atoms with Crippen LogP contribution in [-0.4, -0.2) is 57.1 Å². The number of hydrogen-bond donors (Lipinski definition) is 1. The van der Waals surface area contributed by atoms with Gasteiger partial charge in [0.15, 0.2) is 11.5 Å². The van der Waals surface area contributed by atoms with Crippen LogP contribution >= 0.6 is 0 Å². The summed E-state index contributed by atoms with van der Waals surface area (Å²) in [4.78, 5) is 1.46. The number of aryl methyl sites for hydroxylation is 1. The van der Waals surface area contributed by atoms with E-state index in [2.05, 4.69) is 20.6 Å². The zero-order valence-corrected chi connectivity index (χ0v) is 12.8. The van der Waals surface area contributed by atoms with Crippen molar-refractivity contribution in [3.63, 3.8) is 0 Å². The topological polar surface area (TPSA) is 58.4 Å². The maximum Gasteiger partial charge on any atom is 0.401 e. The van der Waals surface area contributed by atoms with E-state index >= 15 is 0 Å². The lowest BCUT2D eigenvalue weighted by atomic mass is 10.1. The van der Waals surface area contributed by atoms with E-state index in [-0.39, 0.29) is 5.92 Å². The van der Waals surface area contributed by atoms with Crippen molar-refractivity contribution in [3.8, 4) is 0 Å². The molecular weight excluding hydrogens is 309 g/mol. The van der Waals surface area contributed by atoms with Crippen molar-refractivity contribution in [3.05, 3.63) is 18.0 Å². The molecule has 2 aromatic heterocycles. The second kappa shape index (κ2) is 6.31. The highest BCUT2D eigenvalue weighted by Gasteiger charge is 2.34. The van der Waals surface area contributed by atoms with E-state index in [0.29, 0.717) is 31.1 Å². The molecule has 0 saturated carbocycles. The van der Waals surface area contributed by atoms with Crippen LogP contribution in [0.2, 0.25) is 0 Å². The molecule has 0 aliphatic carbocycles. The minimum atomic E-state index is -4.13. The molecule has 9 heteroatoms. The molecule has 2 aromatic rings. The molecule has 0 unspecified atom stereocenters. The largest absolute Gasteiger partial charge is 0.401 e. The number of nitrogens with one attached hydrogen (secondary N) is 1. The van der Waals surface area contributed by atoms with Crippen LogP contribution in [0.15, 0.2) is 12.1 Å². The van der Waals surface area contributed by atoms with E-state index in [4.69, 9.17) is 0 Å². The lowest BCUT2D eigenvalue weighted by Gasteiger charge is -2.18. The van der Waals surface area contributed by atoms with E-state index in [9.17, 15) is 13.2 Å². The molecule has 0 radical (unpaired) electrons. The third-order valence-corrected chi connectivity index (χ3v) is 3.99. The molecule has 0 amide bonds. The molecular formula is C14H19F3N6. The molecule has 6 nitrogen and oxygen atoms in total. The third kappa shape index (κ3) is 3.90. The van der Waals surface area contributed by atoms with Crippen LogP contribution in [0.5, 0.6) is 0 Å². The Hall–Kier alpha value is -1.90. The first kappa shape index (κ1) is 16.0. The van der Waals surface area contributed by atoms with Crippen molar-refractivity contribution < 1.29 is 13.2 Å². The standard InChI is InChI=1S/C14H19F3N6/c1-2-12-19-20-13-4-3-11(21-23(12)13)18-7-10-5-6-22(8-10)9-14(15,16)17/h3-4,10H,2,5-9H2,1H3,(H,18,21)/t10-/m1/s1. The minimum absolute atomic E-state index is 0.196. The van der Waals surface area contributed by atoms with Gasteiger partial charge in [-0.3, -0.25) is 4.90 Å². The fourth-order valence-electron chi connectivity index (χ4n) is 2.87. The van der Waals surface area contributed by atoms with Gasteiger partial charge in [0.05, 0.1) is 6.54 Å². The van der Waals surface area contributed by atoms with Gasteiger partial charge in [-0.25, -0.2) is 0 Å². The number of rotatable bonds is 5. The average molecular weight is 328 g/mol. The molecule has 1 fully saturated rings. The van der Waals surface area contributed by atoms with E-state index < -0.39 is 12.7 Å². The number of fused-ring (bicyclic) bond motifs is 1. The van der Waals surface area contributed by atoms with Gasteiger partial charge in [-0.1, -0.05) is 6.92 Å². The van der Waals surface area contributed by atoms with E-state index in [1.54, 1.807) is 4.52 Å². The van der Waals surface area contributed by atoms with Gasteiger partial charge in [0.2, 0.25) is 0 Å². The van der Waals surface area contributed by atoms with Crippen LogP contribution in [0.1, 0.15) is 19.2 Å². The summed E-state index contributed by atoms with van der Waals surface area (Å²) < 4.78 is 38.9. The van der Waals surface area contributed by atoms with Gasteiger partial charge >= 0.3 is 6.18 Å². The summed E-state index contributed by atoms with van der Waals surface area (Å²) in [5.74, 6) is 1.66. The fraction of sp³-hybridized carbons (Fsp3) is 0.643. The summed E-state index contributed by atoms with van der Waals surface area (Å²) in [6, 6.07) is 3.64. The Labute approximate surface area is 131 Å². The van der Waals surface area contributed by atoms with E-state index in [1.165, 1.54) is 4.90 Å². The number of nitrogens with zero attached hydrogens (tertiary/aromatic N) is 5. The molecule has 3 rings (SSSR count). The summed E-state index contributed by atoms with van der Waals surface area (Å²) in [7, 11) is 0. The molecule has 1 saturated heterocycles. The van der Waals surface area contributed by atoms with Crippen molar-refractivity contribution >= 4 is 11.5 Å². The summed E-state index contributed by atoms with van der Waals surface area (Å²) in [5.41, 5.74) is 0.685. The second-order valence-electron chi connectivity index (χ2n) is 5.84. The van der Waals surface area contributed by atoms with Crippen LogP contribution in [-0.2, 0) is 6.42 Å². The maximum atomic E-state index is 12.4. The van der Waals surface area contributed by atoms with E-state index in [0.717, 1.165) is 18.7 Å². The Morgan fingerprint density at radius 3 is 2.87 bits per heavy atom. The highest BCUT2D eigenvalue weighted by atomic mass is 19.4. The average Bonchev–Trinajstić information content (AvgIpc) is 3.09. The summed E-state index contributed by atoms with van der Waals surface area (Å²) in [5, 5.41) is 15.7. The predicted octanol–water partition coefficient (Wildman–Crippen LogP) is 1.98. The first-order valence-corrected chi connectivity index (χ1v) is 7.69. The summed E-state index contributed by atoms with van der Waals surface area (Å²) >= 11 is 0. The predicted molar refractivity (Wildman–Crippen MR) is 79.3 cm³/mol. The molecule has 126 valence electrons. The smallest absolute Gasteiger partial charge is 0.368 e. The van der Waals surface area contributed by atoms with Gasteiger partial charge < -0.3 is 5.32 Å². The lowest BCUT2D eigenvalue weighted by molar-refractivity contribution is -0.143. The number of anilines is 1. The van der Waals surface area contributed by atoms with Gasteiger partial charge in [-0.15, -0.1) is 15.3 Å².